The number of benzene rings is 1. The number of nitrogens with one attached hydrogen (secondary N) is 1. The van der Waals surface area contributed by atoms with Crippen molar-refractivity contribution < 1.29 is 9.59 Å². The average Bonchev–Trinajstić information content (AvgIpc) is 3.06. The maximum absolute atomic E-state index is 12.6. The third-order valence-electron chi connectivity index (χ3n) is 3.98. The zero-order chi connectivity index (χ0) is 18.4. The highest BCUT2D eigenvalue weighted by atomic mass is 32.1. The normalized spacial score (nSPS) is 12.4. The molecule has 1 atom stereocenters. The van der Waals surface area contributed by atoms with Crippen LogP contribution in [-0.4, -0.2) is 35.8 Å². The maximum atomic E-state index is 12.6. The van der Waals surface area contributed by atoms with Crippen molar-refractivity contribution in [2.75, 3.05) is 13.1 Å². The molecule has 0 bridgehead atoms. The number of amides is 2. The molecule has 134 valence electrons. The van der Waals surface area contributed by atoms with Crippen molar-refractivity contribution in [2.24, 2.45) is 5.73 Å². The van der Waals surface area contributed by atoms with E-state index in [1.54, 1.807) is 16.2 Å². The lowest BCUT2D eigenvalue weighted by Gasteiger charge is -2.26. The molecule has 0 radical (unpaired) electrons. The van der Waals surface area contributed by atoms with Gasteiger partial charge >= 0.3 is 0 Å². The topological polar surface area (TPSA) is 75.4 Å². The van der Waals surface area contributed by atoms with Crippen LogP contribution in [-0.2, 0) is 9.59 Å². The first-order valence-corrected chi connectivity index (χ1v) is 9.16. The van der Waals surface area contributed by atoms with Gasteiger partial charge in [-0.2, -0.15) is 0 Å². The fourth-order valence-electron chi connectivity index (χ4n) is 2.55. The van der Waals surface area contributed by atoms with Gasteiger partial charge in [-0.3, -0.25) is 14.5 Å². The molecule has 2 aromatic rings. The average molecular weight is 359 g/mol. The number of carbonyl (C=O) groups is 2. The van der Waals surface area contributed by atoms with E-state index in [9.17, 15) is 9.59 Å². The first kappa shape index (κ1) is 19.1. The van der Waals surface area contributed by atoms with E-state index in [4.69, 9.17) is 5.73 Å². The van der Waals surface area contributed by atoms with Gasteiger partial charge in [-0.25, -0.2) is 0 Å². The highest BCUT2D eigenvalue weighted by molar-refractivity contribution is 7.10. The Kier molecular flexibility index (Phi) is 6.73. The SMILES string of the molecule is Cc1ccc([C@H](NC(=O)CN(CC(N)=O)C(C)C)c2cccs2)cc1. The number of nitrogens with two attached hydrogens (primary N) is 1. The zero-order valence-electron chi connectivity index (χ0n) is 14.9. The summed E-state index contributed by atoms with van der Waals surface area (Å²) in [5, 5.41) is 5.09. The second-order valence-corrected chi connectivity index (χ2v) is 7.37. The van der Waals surface area contributed by atoms with Gasteiger partial charge in [0.15, 0.2) is 0 Å². The number of rotatable bonds is 8. The minimum absolute atomic E-state index is 0.0535. The van der Waals surface area contributed by atoms with E-state index in [2.05, 4.69) is 5.32 Å². The van der Waals surface area contributed by atoms with Crippen LogP contribution in [0.3, 0.4) is 0 Å². The van der Waals surface area contributed by atoms with Crippen molar-refractivity contribution >= 4 is 23.2 Å². The highest BCUT2D eigenvalue weighted by Crippen LogP contribution is 2.26. The van der Waals surface area contributed by atoms with Gasteiger partial charge in [0, 0.05) is 10.9 Å². The van der Waals surface area contributed by atoms with Crippen molar-refractivity contribution in [1.29, 1.82) is 0 Å². The van der Waals surface area contributed by atoms with Gasteiger partial charge in [-0.05, 0) is 37.8 Å². The molecule has 2 amide bonds. The number of aryl methyl sites for hydroxylation is 1. The number of primary amides is 1. The summed E-state index contributed by atoms with van der Waals surface area (Å²) in [5.74, 6) is -0.566. The van der Waals surface area contributed by atoms with E-state index in [-0.39, 0.29) is 31.1 Å². The first-order valence-electron chi connectivity index (χ1n) is 8.28. The second kappa shape index (κ2) is 8.78. The summed E-state index contributed by atoms with van der Waals surface area (Å²) >= 11 is 1.61. The molecule has 25 heavy (non-hydrogen) atoms. The van der Waals surface area contributed by atoms with Gasteiger partial charge < -0.3 is 11.1 Å². The molecular weight excluding hydrogens is 334 g/mol. The Labute approximate surface area is 152 Å². The molecule has 1 aromatic heterocycles. The molecule has 6 heteroatoms. The van der Waals surface area contributed by atoms with Crippen LogP contribution < -0.4 is 11.1 Å². The lowest BCUT2D eigenvalue weighted by Crippen LogP contribution is -2.45. The van der Waals surface area contributed by atoms with E-state index >= 15 is 0 Å². The minimum Gasteiger partial charge on any atom is -0.369 e. The zero-order valence-corrected chi connectivity index (χ0v) is 15.7. The van der Waals surface area contributed by atoms with Gasteiger partial charge in [-0.15, -0.1) is 11.3 Å². The summed E-state index contributed by atoms with van der Waals surface area (Å²) in [6.45, 7) is 6.11. The fraction of sp³-hybridized carbons (Fsp3) is 0.368. The van der Waals surface area contributed by atoms with Gasteiger partial charge in [0.1, 0.15) is 0 Å². The Balaban J connectivity index is 2.15. The summed E-state index contributed by atoms with van der Waals surface area (Å²) < 4.78 is 0. The van der Waals surface area contributed by atoms with Gasteiger partial charge in [0.05, 0.1) is 19.1 Å². The molecule has 0 aliphatic heterocycles. The standard InChI is InChI=1S/C19H25N3O2S/c1-13(2)22(11-17(20)23)12-18(24)21-19(16-5-4-10-25-16)15-8-6-14(3)7-9-15/h4-10,13,19H,11-12H2,1-3H3,(H2,20,23)(H,21,24)/t19-/m0/s1. The summed E-state index contributed by atoms with van der Waals surface area (Å²) in [6, 6.07) is 12.0. The molecule has 1 heterocycles. The minimum atomic E-state index is -0.435. The lowest BCUT2D eigenvalue weighted by molar-refractivity contribution is -0.125. The van der Waals surface area contributed by atoms with Crippen LogP contribution >= 0.6 is 11.3 Å². The van der Waals surface area contributed by atoms with Crippen LogP contribution in [0.1, 0.15) is 35.9 Å². The van der Waals surface area contributed by atoms with Gasteiger partial charge in [-0.1, -0.05) is 35.9 Å². The summed E-state index contributed by atoms with van der Waals surface area (Å²) in [4.78, 5) is 26.6. The smallest absolute Gasteiger partial charge is 0.234 e. The molecule has 0 aliphatic rings. The largest absolute Gasteiger partial charge is 0.369 e. The van der Waals surface area contributed by atoms with Crippen molar-refractivity contribution in [3.63, 3.8) is 0 Å². The molecule has 5 nitrogen and oxygen atoms in total. The van der Waals surface area contributed by atoms with Crippen molar-refractivity contribution in [1.82, 2.24) is 10.2 Å². The summed E-state index contributed by atoms with van der Waals surface area (Å²) in [7, 11) is 0. The molecule has 0 aliphatic carbocycles. The van der Waals surface area contributed by atoms with E-state index in [0.717, 1.165) is 10.4 Å². The van der Waals surface area contributed by atoms with Crippen LogP contribution in [0.5, 0.6) is 0 Å². The molecule has 0 spiro atoms. The van der Waals surface area contributed by atoms with Crippen LogP contribution in [0, 0.1) is 6.92 Å². The van der Waals surface area contributed by atoms with Crippen molar-refractivity contribution in [2.45, 2.75) is 32.9 Å². The Bertz CT molecular complexity index is 696. The van der Waals surface area contributed by atoms with Gasteiger partial charge in [0.2, 0.25) is 11.8 Å². The lowest BCUT2D eigenvalue weighted by atomic mass is 10.0. The molecule has 0 unspecified atom stereocenters. The molecular formula is C19H25N3O2S. The van der Waals surface area contributed by atoms with Crippen LogP contribution in [0.4, 0.5) is 0 Å². The second-order valence-electron chi connectivity index (χ2n) is 6.39. The fourth-order valence-corrected chi connectivity index (χ4v) is 3.35. The Morgan fingerprint density at radius 3 is 2.36 bits per heavy atom. The number of carbonyl (C=O) groups excluding carboxylic acids is 2. The monoisotopic (exact) mass is 359 g/mol. The van der Waals surface area contributed by atoms with Gasteiger partial charge in [0.25, 0.3) is 0 Å². The molecule has 2 rings (SSSR count). The number of hydrogen-bond donors (Lipinski definition) is 2. The van der Waals surface area contributed by atoms with Crippen LogP contribution in [0.15, 0.2) is 41.8 Å². The number of nitrogens with zero attached hydrogens (tertiary/aromatic N) is 1. The summed E-state index contributed by atoms with van der Waals surface area (Å²) in [6.07, 6.45) is 0. The maximum Gasteiger partial charge on any atom is 0.234 e. The van der Waals surface area contributed by atoms with E-state index < -0.39 is 5.91 Å². The Morgan fingerprint density at radius 2 is 1.84 bits per heavy atom. The van der Waals surface area contributed by atoms with Crippen molar-refractivity contribution in [3.05, 3.63) is 57.8 Å². The predicted octanol–water partition coefficient (Wildman–Crippen LogP) is 2.46. The molecule has 0 saturated heterocycles. The van der Waals surface area contributed by atoms with Crippen LogP contribution in [0.25, 0.3) is 0 Å². The van der Waals surface area contributed by atoms with E-state index in [1.807, 2.05) is 62.5 Å². The Morgan fingerprint density at radius 1 is 1.16 bits per heavy atom. The van der Waals surface area contributed by atoms with Crippen molar-refractivity contribution in [3.8, 4) is 0 Å². The molecule has 3 N–H and O–H groups in total. The molecule has 0 saturated carbocycles. The van der Waals surface area contributed by atoms with Crippen LogP contribution in [0.2, 0.25) is 0 Å². The third-order valence-corrected chi connectivity index (χ3v) is 4.92. The van der Waals surface area contributed by atoms with E-state index in [1.165, 1.54) is 5.56 Å². The number of hydrogen-bond acceptors (Lipinski definition) is 4. The predicted molar refractivity (Wildman–Crippen MR) is 101 cm³/mol. The molecule has 0 fully saturated rings. The first-order chi connectivity index (χ1) is 11.9. The highest BCUT2D eigenvalue weighted by Gasteiger charge is 2.21. The quantitative estimate of drug-likeness (QED) is 0.760. The molecule has 1 aromatic carbocycles. The van der Waals surface area contributed by atoms with E-state index in [0.29, 0.717) is 0 Å². The number of thiophene rings is 1. The summed E-state index contributed by atoms with van der Waals surface area (Å²) in [5.41, 5.74) is 7.49. The Hall–Kier alpha value is -2.18. The third kappa shape index (κ3) is 5.69.